The second-order valence-corrected chi connectivity index (χ2v) is 14.0. The molecule has 2 aromatic carbocycles. The molecular formula is C37H41N2O13+. The van der Waals surface area contributed by atoms with E-state index in [2.05, 4.69) is 11.2 Å². The average molecular weight is 722 g/mol. The highest BCUT2D eigenvalue weighted by Gasteiger charge is 2.58. The number of carbonyl (C=O) groups is 2. The minimum absolute atomic E-state index is 0.133. The number of ether oxygens (including phenoxy) is 7. The van der Waals surface area contributed by atoms with Gasteiger partial charge in [-0.2, -0.15) is 0 Å². The number of rotatable bonds is 10. The Morgan fingerprint density at radius 3 is 2.60 bits per heavy atom. The van der Waals surface area contributed by atoms with Crippen LogP contribution in [-0.2, 0) is 25.6 Å². The van der Waals surface area contributed by atoms with Gasteiger partial charge >= 0.3 is 11.9 Å². The first-order valence-electron chi connectivity index (χ1n) is 17.4. The molecule has 2 fully saturated rings. The molecule has 0 bridgehead atoms. The monoisotopic (exact) mass is 721 g/mol. The molecule has 8 rings (SSSR count). The van der Waals surface area contributed by atoms with Crippen LogP contribution < -0.4 is 28.6 Å². The van der Waals surface area contributed by atoms with Gasteiger partial charge in [0.05, 0.1) is 20.1 Å². The average Bonchev–Trinajstić information content (AvgIpc) is 3.91. The summed E-state index contributed by atoms with van der Waals surface area (Å²) in [5.41, 5.74) is 4.19. The molecule has 52 heavy (non-hydrogen) atoms. The number of aliphatic carboxylic acids is 1. The molecule has 0 amide bonds. The van der Waals surface area contributed by atoms with Crippen LogP contribution in [0.15, 0.2) is 52.8 Å². The van der Waals surface area contributed by atoms with Gasteiger partial charge in [0.15, 0.2) is 11.5 Å². The Kier molecular flexibility index (Phi) is 8.86. The number of methoxy groups -OCH3 is 2. The van der Waals surface area contributed by atoms with Crippen LogP contribution >= 0.6 is 0 Å². The number of quaternary nitrogens is 1. The lowest BCUT2D eigenvalue weighted by molar-refractivity contribution is -0.851. The lowest BCUT2D eigenvalue weighted by atomic mass is 9.73. The molecule has 15 nitrogen and oxygen atoms in total. The zero-order chi connectivity index (χ0) is 36.3. The number of aliphatic hydroxyl groups is 3. The van der Waals surface area contributed by atoms with Crippen molar-refractivity contribution in [3.05, 3.63) is 64.5 Å². The summed E-state index contributed by atoms with van der Waals surface area (Å²) in [6.07, 6.45) is 0.275. The Hall–Kier alpha value is -4.67. The summed E-state index contributed by atoms with van der Waals surface area (Å²) in [6.45, 7) is 0.655. The first kappa shape index (κ1) is 34.4. The largest absolute Gasteiger partial charge is 0.493 e. The molecule has 1 saturated heterocycles. The zero-order valence-corrected chi connectivity index (χ0v) is 28.7. The maximum absolute atomic E-state index is 11.9. The minimum atomic E-state index is -1.72. The van der Waals surface area contributed by atoms with Crippen molar-refractivity contribution in [2.45, 2.75) is 87.0 Å². The van der Waals surface area contributed by atoms with Gasteiger partial charge in [0.2, 0.25) is 12.0 Å². The number of carboxylic acid groups (broad SMARTS) is 1. The maximum Gasteiger partial charge on any atom is 0.317 e. The molecule has 0 aromatic heterocycles. The van der Waals surface area contributed by atoms with E-state index in [1.165, 1.54) is 0 Å². The van der Waals surface area contributed by atoms with Crippen LogP contribution in [0.2, 0.25) is 0 Å². The molecule has 5 heterocycles. The normalized spacial score (nSPS) is 30.2. The Balaban J connectivity index is 1.16. The number of nitrogens with one attached hydrogen (secondary N) is 1. The number of hydrogen-bond donors (Lipinski definition) is 5. The summed E-state index contributed by atoms with van der Waals surface area (Å²) >= 11 is 0. The molecule has 1 saturated carbocycles. The standard InChI is InChI=1S/C37H40N2O13/c1-46-23-6-5-21-29-35(51-33(21)34(23)47-2)28-19(15-39-14-18-7-10-38-22(18)16-39)11-20(12-24(28)52-37(29)8-3-4-9-37)49-36-32(45)31(44)30(43)25(50-36)17-48-27(42)13-26(40)41/h5-7,10-12,16,25,29-32,35-36,43-45H,3-4,8-9,13-15,17H2,1-2H3,(H,40,41)/p+1/t25-,29+,30-,31+,32-,35+,36-/m1/s1. The van der Waals surface area contributed by atoms with Crippen molar-refractivity contribution in [2.24, 2.45) is 4.99 Å². The molecule has 0 radical (unpaired) electrons. The van der Waals surface area contributed by atoms with Crippen LogP contribution in [0.25, 0.3) is 0 Å². The fraction of sp³-hybridized carbons (Fsp3) is 0.486. The van der Waals surface area contributed by atoms with Crippen LogP contribution in [0.3, 0.4) is 0 Å². The van der Waals surface area contributed by atoms with E-state index >= 15 is 0 Å². The number of carboxylic acids is 1. The molecule has 15 heteroatoms. The van der Waals surface area contributed by atoms with Crippen molar-refractivity contribution in [1.29, 1.82) is 0 Å². The first-order chi connectivity index (χ1) is 25.1. The minimum Gasteiger partial charge on any atom is -0.493 e. The van der Waals surface area contributed by atoms with Gasteiger partial charge in [0, 0.05) is 34.5 Å². The zero-order valence-electron chi connectivity index (χ0n) is 28.7. The number of fused-ring (bicyclic) bond motifs is 7. The summed E-state index contributed by atoms with van der Waals surface area (Å²) in [4.78, 5) is 28.4. The number of aliphatic imine (C=N–C) groups is 1. The van der Waals surface area contributed by atoms with Crippen molar-refractivity contribution < 1.29 is 68.1 Å². The van der Waals surface area contributed by atoms with Gasteiger partial charge in [-0.25, -0.2) is 0 Å². The van der Waals surface area contributed by atoms with Crippen LogP contribution in [0.4, 0.5) is 0 Å². The van der Waals surface area contributed by atoms with Crippen LogP contribution in [0, 0.1) is 0 Å². The predicted octanol–water partition coefficient (Wildman–Crippen LogP) is 1.08. The molecule has 5 aliphatic heterocycles. The van der Waals surface area contributed by atoms with Gasteiger partial charge in [-0.1, -0.05) is 6.07 Å². The Morgan fingerprint density at radius 1 is 1.06 bits per heavy atom. The van der Waals surface area contributed by atoms with Crippen LogP contribution in [0.5, 0.6) is 28.7 Å². The fourth-order valence-electron chi connectivity index (χ4n) is 8.51. The summed E-state index contributed by atoms with van der Waals surface area (Å²) in [5.74, 6) is -0.0281. The third-order valence-corrected chi connectivity index (χ3v) is 10.8. The number of carbonyl (C=O) groups excluding carboxylic acids is 1. The number of allylic oxidation sites excluding steroid dienone is 1. The molecule has 1 unspecified atom stereocenters. The second kappa shape index (κ2) is 13.4. The van der Waals surface area contributed by atoms with Crippen molar-refractivity contribution >= 4 is 18.2 Å². The SMILES string of the molecule is COc1ccc2c(c1OC)O[C@H]1c3c(C[NH+]4C=C5N=CC=C5C4)cc(O[C@@H]4O[C@H](COC(=O)CC(=O)O)[C@@H](O)[C@H](O)[C@H]4O)cc3OC3(CCCC3)[C@@H]21. The molecular weight excluding hydrogens is 680 g/mol. The third kappa shape index (κ3) is 5.86. The lowest BCUT2D eigenvalue weighted by Gasteiger charge is -2.44. The smallest absolute Gasteiger partial charge is 0.317 e. The summed E-state index contributed by atoms with van der Waals surface area (Å²) in [6, 6.07) is 7.50. The molecule has 5 N–H and O–H groups in total. The number of esters is 1. The first-order valence-corrected chi connectivity index (χ1v) is 17.4. The topological polar surface area (TPSA) is 196 Å². The van der Waals surface area contributed by atoms with E-state index in [-0.39, 0.29) is 11.7 Å². The van der Waals surface area contributed by atoms with E-state index < -0.39 is 67.4 Å². The molecule has 1 spiro atoms. The molecule has 276 valence electrons. The van der Waals surface area contributed by atoms with E-state index in [1.54, 1.807) is 26.5 Å². The highest BCUT2D eigenvalue weighted by atomic mass is 16.7. The summed E-state index contributed by atoms with van der Waals surface area (Å²) in [7, 11) is 3.18. The van der Waals surface area contributed by atoms with Gasteiger partial charge < -0.3 is 53.6 Å². The Bertz CT molecular complexity index is 1870. The number of nitrogens with zero attached hydrogens (tertiary/aromatic N) is 1. The second-order valence-electron chi connectivity index (χ2n) is 14.0. The van der Waals surface area contributed by atoms with E-state index in [4.69, 9.17) is 38.3 Å². The Labute approximate surface area is 298 Å². The van der Waals surface area contributed by atoms with Crippen LogP contribution in [0.1, 0.15) is 60.8 Å². The predicted molar refractivity (Wildman–Crippen MR) is 179 cm³/mol. The third-order valence-electron chi connectivity index (χ3n) is 10.8. The van der Waals surface area contributed by atoms with Gasteiger partial charge in [-0.15, -0.1) is 0 Å². The highest BCUT2D eigenvalue weighted by Crippen LogP contribution is 2.64. The molecule has 8 atom stereocenters. The molecule has 6 aliphatic rings. The van der Waals surface area contributed by atoms with Crippen molar-refractivity contribution in [2.75, 3.05) is 27.4 Å². The number of benzene rings is 2. The van der Waals surface area contributed by atoms with Crippen molar-refractivity contribution in [3.63, 3.8) is 0 Å². The van der Waals surface area contributed by atoms with Crippen LogP contribution in [-0.4, -0.2) is 102 Å². The number of hydrogen-bond acceptors (Lipinski definition) is 13. The Morgan fingerprint density at radius 2 is 1.87 bits per heavy atom. The van der Waals surface area contributed by atoms with E-state index in [0.717, 1.165) is 65.1 Å². The fourth-order valence-corrected chi connectivity index (χ4v) is 8.51. The maximum atomic E-state index is 11.9. The van der Waals surface area contributed by atoms with Gasteiger partial charge in [0.25, 0.3) is 0 Å². The summed E-state index contributed by atoms with van der Waals surface area (Å²) < 4.78 is 42.4. The summed E-state index contributed by atoms with van der Waals surface area (Å²) in [5, 5.41) is 41.1. The quantitative estimate of drug-likeness (QED) is 0.173. The molecule has 2 aromatic rings. The van der Waals surface area contributed by atoms with Gasteiger partial charge in [-0.3, -0.25) is 19.5 Å². The van der Waals surface area contributed by atoms with E-state index in [9.17, 15) is 24.9 Å². The van der Waals surface area contributed by atoms with E-state index in [1.807, 2.05) is 24.3 Å². The van der Waals surface area contributed by atoms with E-state index in [0.29, 0.717) is 29.5 Å². The highest BCUT2D eigenvalue weighted by molar-refractivity contribution is 5.90. The van der Waals surface area contributed by atoms with Gasteiger partial charge in [0.1, 0.15) is 85.6 Å². The van der Waals surface area contributed by atoms with Crippen molar-refractivity contribution in [3.8, 4) is 28.7 Å². The lowest BCUT2D eigenvalue weighted by Crippen LogP contribution is -3.04. The molecule has 1 aliphatic carbocycles. The van der Waals surface area contributed by atoms with Crippen molar-refractivity contribution in [1.82, 2.24) is 0 Å². The van der Waals surface area contributed by atoms with Gasteiger partial charge in [-0.05, 0) is 43.9 Å². The number of aliphatic hydroxyl groups excluding tert-OH is 3.